The van der Waals surface area contributed by atoms with Crippen LogP contribution in [0.3, 0.4) is 0 Å². The fourth-order valence-corrected chi connectivity index (χ4v) is 2.29. The number of benzene rings is 2. The van der Waals surface area contributed by atoms with Gasteiger partial charge in [-0.1, -0.05) is 25.5 Å². The third kappa shape index (κ3) is 2.03. The van der Waals surface area contributed by atoms with Crippen molar-refractivity contribution in [3.8, 4) is 34.5 Å². The van der Waals surface area contributed by atoms with Gasteiger partial charge in [-0.15, -0.1) is 0 Å². The Morgan fingerprint density at radius 2 is 1.70 bits per heavy atom. The zero-order chi connectivity index (χ0) is 14.1. The minimum Gasteiger partial charge on any atom is -0.504 e. The molecule has 4 nitrogen and oxygen atoms in total. The van der Waals surface area contributed by atoms with E-state index >= 15 is 0 Å². The molecule has 104 valence electrons. The molecule has 4 heteroatoms. The second-order valence-electron chi connectivity index (χ2n) is 4.80. The van der Waals surface area contributed by atoms with Crippen LogP contribution in [0.25, 0.3) is 0 Å². The number of unbranched alkanes of at least 4 members (excludes halogenated alkanes) is 1. The average molecular weight is 272 g/mol. The van der Waals surface area contributed by atoms with Crippen molar-refractivity contribution in [2.24, 2.45) is 0 Å². The Labute approximate surface area is 117 Å². The maximum atomic E-state index is 10.0. The summed E-state index contributed by atoms with van der Waals surface area (Å²) in [7, 11) is 0. The third-order valence-corrected chi connectivity index (χ3v) is 3.36. The molecule has 0 aromatic heterocycles. The van der Waals surface area contributed by atoms with Gasteiger partial charge in [-0.3, -0.25) is 0 Å². The van der Waals surface area contributed by atoms with E-state index in [-0.39, 0.29) is 11.5 Å². The minimum absolute atomic E-state index is 0.125. The number of phenolic OH excluding ortho intramolecular Hbond substituents is 2. The number of para-hydroxylation sites is 2. The normalized spacial score (nSPS) is 12.1. The smallest absolute Gasteiger partial charge is 0.177 e. The summed E-state index contributed by atoms with van der Waals surface area (Å²) in [6.45, 7) is 2.07. The van der Waals surface area contributed by atoms with E-state index in [0.29, 0.717) is 35.0 Å². The summed E-state index contributed by atoms with van der Waals surface area (Å²) in [5, 5.41) is 19.9. The van der Waals surface area contributed by atoms with Crippen LogP contribution in [-0.2, 0) is 6.42 Å². The Hall–Kier alpha value is -2.36. The van der Waals surface area contributed by atoms with Crippen LogP contribution in [0.5, 0.6) is 34.5 Å². The lowest BCUT2D eigenvalue weighted by Gasteiger charge is -2.23. The molecule has 0 atom stereocenters. The van der Waals surface area contributed by atoms with Gasteiger partial charge in [0.25, 0.3) is 0 Å². The first kappa shape index (κ1) is 12.7. The van der Waals surface area contributed by atoms with E-state index in [4.69, 9.17) is 9.47 Å². The number of ether oxygens (including phenoxy) is 2. The van der Waals surface area contributed by atoms with Gasteiger partial charge in [0.05, 0.1) is 0 Å². The number of hydrogen-bond acceptors (Lipinski definition) is 4. The van der Waals surface area contributed by atoms with Gasteiger partial charge in [-0.25, -0.2) is 0 Å². The highest BCUT2D eigenvalue weighted by Crippen LogP contribution is 2.52. The molecular formula is C16H16O4. The second-order valence-corrected chi connectivity index (χ2v) is 4.80. The zero-order valence-electron chi connectivity index (χ0n) is 11.2. The molecule has 0 saturated carbocycles. The van der Waals surface area contributed by atoms with E-state index in [1.54, 1.807) is 6.07 Å². The monoisotopic (exact) mass is 272 g/mol. The number of phenols is 2. The molecule has 0 unspecified atom stereocenters. The molecule has 0 bridgehead atoms. The van der Waals surface area contributed by atoms with Crippen molar-refractivity contribution in [1.82, 2.24) is 0 Å². The lowest BCUT2D eigenvalue weighted by Crippen LogP contribution is -2.02. The van der Waals surface area contributed by atoms with E-state index < -0.39 is 0 Å². The molecule has 1 aliphatic rings. The van der Waals surface area contributed by atoms with Crippen LogP contribution < -0.4 is 9.47 Å². The Kier molecular flexibility index (Phi) is 3.14. The van der Waals surface area contributed by atoms with Crippen LogP contribution in [0.1, 0.15) is 25.3 Å². The lowest BCUT2D eigenvalue weighted by molar-refractivity contribution is 0.340. The molecule has 0 aliphatic carbocycles. The van der Waals surface area contributed by atoms with Crippen LogP contribution in [0.2, 0.25) is 0 Å². The summed E-state index contributed by atoms with van der Waals surface area (Å²) in [5.74, 6) is 1.84. The van der Waals surface area contributed by atoms with Gasteiger partial charge >= 0.3 is 0 Å². The molecule has 1 heterocycles. The molecule has 0 saturated heterocycles. The largest absolute Gasteiger partial charge is 0.504 e. The maximum Gasteiger partial charge on any atom is 0.177 e. The zero-order valence-corrected chi connectivity index (χ0v) is 11.2. The van der Waals surface area contributed by atoms with Crippen LogP contribution in [0.15, 0.2) is 30.3 Å². The highest BCUT2D eigenvalue weighted by molar-refractivity contribution is 5.64. The number of fused-ring (bicyclic) bond motifs is 2. The van der Waals surface area contributed by atoms with Crippen molar-refractivity contribution in [1.29, 1.82) is 0 Å². The molecule has 0 amide bonds. The number of hydrogen-bond donors (Lipinski definition) is 2. The van der Waals surface area contributed by atoms with E-state index in [9.17, 15) is 10.2 Å². The van der Waals surface area contributed by atoms with Crippen molar-refractivity contribution in [2.75, 3.05) is 0 Å². The Morgan fingerprint density at radius 1 is 1.00 bits per heavy atom. The lowest BCUT2D eigenvalue weighted by atomic mass is 10.0. The van der Waals surface area contributed by atoms with Crippen molar-refractivity contribution >= 4 is 0 Å². The molecule has 20 heavy (non-hydrogen) atoms. The molecule has 2 N–H and O–H groups in total. The SMILES string of the molecule is CCCCc1c(O)c(O)cc2c1Oc1ccccc1O2. The molecule has 0 spiro atoms. The Balaban J connectivity index is 2.08. The molecular weight excluding hydrogens is 256 g/mol. The average Bonchev–Trinajstić information content (AvgIpc) is 2.46. The highest BCUT2D eigenvalue weighted by atomic mass is 16.6. The first-order chi connectivity index (χ1) is 9.70. The first-order valence-electron chi connectivity index (χ1n) is 6.73. The Bertz CT molecular complexity index is 649. The molecule has 0 fully saturated rings. The predicted octanol–water partition coefficient (Wildman–Crippen LogP) is 4.34. The van der Waals surface area contributed by atoms with Gasteiger partial charge in [-0.2, -0.15) is 0 Å². The van der Waals surface area contributed by atoms with Crippen LogP contribution in [0.4, 0.5) is 0 Å². The molecule has 2 aromatic rings. The van der Waals surface area contributed by atoms with Crippen LogP contribution in [-0.4, -0.2) is 10.2 Å². The van der Waals surface area contributed by atoms with Crippen molar-refractivity contribution in [2.45, 2.75) is 26.2 Å². The summed E-state index contributed by atoms with van der Waals surface area (Å²) in [6.07, 6.45) is 2.51. The first-order valence-corrected chi connectivity index (χ1v) is 6.73. The summed E-state index contributed by atoms with van der Waals surface area (Å²) in [5.41, 5.74) is 0.594. The van der Waals surface area contributed by atoms with E-state index in [1.165, 1.54) is 6.07 Å². The van der Waals surface area contributed by atoms with Gasteiger partial charge in [0, 0.05) is 11.6 Å². The van der Waals surface area contributed by atoms with Gasteiger partial charge in [0.15, 0.2) is 34.5 Å². The van der Waals surface area contributed by atoms with Crippen molar-refractivity contribution in [3.63, 3.8) is 0 Å². The fourth-order valence-electron chi connectivity index (χ4n) is 2.29. The van der Waals surface area contributed by atoms with Crippen LogP contribution in [0, 0.1) is 0 Å². The maximum absolute atomic E-state index is 10.0. The standard InChI is InChI=1S/C16H16O4/c1-2-3-6-10-15(18)11(17)9-14-16(10)20-13-8-5-4-7-12(13)19-14/h4-5,7-9,17-18H,2-3,6H2,1H3. The predicted molar refractivity (Wildman–Crippen MR) is 75.0 cm³/mol. The van der Waals surface area contributed by atoms with Gasteiger partial charge in [0.2, 0.25) is 0 Å². The molecule has 3 rings (SSSR count). The number of aromatic hydroxyl groups is 2. The van der Waals surface area contributed by atoms with E-state index in [0.717, 1.165) is 12.8 Å². The number of rotatable bonds is 3. The summed E-state index contributed by atoms with van der Waals surface area (Å²) in [6, 6.07) is 8.71. The van der Waals surface area contributed by atoms with Crippen LogP contribution >= 0.6 is 0 Å². The molecule has 2 aromatic carbocycles. The van der Waals surface area contributed by atoms with Gasteiger partial charge < -0.3 is 19.7 Å². The van der Waals surface area contributed by atoms with Gasteiger partial charge in [-0.05, 0) is 25.0 Å². The summed E-state index contributed by atoms with van der Waals surface area (Å²) in [4.78, 5) is 0. The second kappa shape index (κ2) is 4.96. The third-order valence-electron chi connectivity index (χ3n) is 3.36. The molecule has 0 radical (unpaired) electrons. The minimum atomic E-state index is -0.183. The fraction of sp³-hybridized carbons (Fsp3) is 0.250. The van der Waals surface area contributed by atoms with E-state index in [1.807, 2.05) is 18.2 Å². The van der Waals surface area contributed by atoms with Crippen molar-refractivity contribution < 1.29 is 19.7 Å². The highest BCUT2D eigenvalue weighted by Gasteiger charge is 2.25. The molecule has 1 aliphatic heterocycles. The summed E-state index contributed by atoms with van der Waals surface area (Å²) >= 11 is 0. The van der Waals surface area contributed by atoms with Gasteiger partial charge in [0.1, 0.15) is 0 Å². The quantitative estimate of drug-likeness (QED) is 0.696. The summed E-state index contributed by atoms with van der Waals surface area (Å²) < 4.78 is 11.6. The van der Waals surface area contributed by atoms with Crippen molar-refractivity contribution in [3.05, 3.63) is 35.9 Å². The topological polar surface area (TPSA) is 58.9 Å². The Morgan fingerprint density at radius 3 is 2.40 bits per heavy atom. The van der Waals surface area contributed by atoms with E-state index in [2.05, 4.69) is 6.92 Å².